The largest absolute Gasteiger partial charge is 0.479 e. The van der Waals surface area contributed by atoms with Crippen LogP contribution >= 0.6 is 11.6 Å². The van der Waals surface area contributed by atoms with Crippen LogP contribution in [0.25, 0.3) is 11.1 Å². The summed E-state index contributed by atoms with van der Waals surface area (Å²) in [5.41, 5.74) is 6.80. The van der Waals surface area contributed by atoms with E-state index in [0.29, 0.717) is 37.3 Å². The Morgan fingerprint density at radius 2 is 1.64 bits per heavy atom. The predicted molar refractivity (Wildman–Crippen MR) is 222 cm³/mol. The second kappa shape index (κ2) is 15.7. The van der Waals surface area contributed by atoms with Crippen LogP contribution in [0.3, 0.4) is 0 Å². The predicted octanol–water partition coefficient (Wildman–Crippen LogP) is 7.92. The van der Waals surface area contributed by atoms with Gasteiger partial charge in [0.05, 0.1) is 35.8 Å². The Kier molecular flexibility index (Phi) is 11.0. The molecule has 1 aromatic carbocycles. The highest BCUT2D eigenvalue weighted by Crippen LogP contribution is 2.50. The van der Waals surface area contributed by atoms with Crippen molar-refractivity contribution in [2.45, 2.75) is 111 Å². The summed E-state index contributed by atoms with van der Waals surface area (Å²) in [4.78, 5) is 37.5. The highest BCUT2D eigenvalue weighted by Gasteiger charge is 2.41. The number of aromatic nitrogens is 3. The molecule has 6 heterocycles. The molecule has 1 atom stereocenters. The minimum atomic E-state index is -1.28. The van der Waals surface area contributed by atoms with Crippen molar-refractivity contribution < 1.29 is 19.4 Å². The number of morpholine rings is 1. The van der Waals surface area contributed by atoms with Gasteiger partial charge in [-0.05, 0) is 112 Å². The fourth-order valence-corrected chi connectivity index (χ4v) is 9.71. The molecular formula is C44H60ClN7O4. The van der Waals surface area contributed by atoms with Crippen molar-refractivity contribution >= 4 is 35.0 Å². The number of carboxylic acid groups (broad SMARTS) is 1. The molecule has 1 unspecified atom stereocenters. The molecular weight excluding hydrogens is 726 g/mol. The summed E-state index contributed by atoms with van der Waals surface area (Å²) in [6.45, 7) is 19.2. The lowest BCUT2D eigenvalue weighted by Gasteiger charge is -2.48. The summed E-state index contributed by atoms with van der Waals surface area (Å²) >= 11 is 7.26. The second-order valence-electron chi connectivity index (χ2n) is 18.7. The van der Waals surface area contributed by atoms with Crippen LogP contribution in [-0.2, 0) is 33.8 Å². The summed E-state index contributed by atoms with van der Waals surface area (Å²) in [5, 5.41) is 11.0. The third kappa shape index (κ3) is 8.38. The molecule has 0 amide bonds. The Labute approximate surface area is 337 Å². The van der Waals surface area contributed by atoms with Crippen molar-refractivity contribution in [1.82, 2.24) is 19.9 Å². The fraction of sp³-hybridized carbons (Fsp3) is 0.636. The van der Waals surface area contributed by atoms with E-state index in [0.717, 1.165) is 99.4 Å². The van der Waals surface area contributed by atoms with Gasteiger partial charge in [-0.15, -0.1) is 0 Å². The molecule has 8 rings (SSSR count). The lowest BCUT2D eigenvalue weighted by atomic mass is 9.63. The molecule has 12 heteroatoms. The van der Waals surface area contributed by atoms with Crippen molar-refractivity contribution in [3.8, 4) is 11.1 Å². The molecule has 1 N–H and O–H groups in total. The van der Waals surface area contributed by atoms with Crippen LogP contribution in [-0.4, -0.2) is 95.6 Å². The number of rotatable bonds is 9. The number of carboxylic acids is 1. The highest BCUT2D eigenvalue weighted by atomic mass is 35.5. The Morgan fingerprint density at radius 3 is 2.30 bits per heavy atom. The number of halogens is 1. The Morgan fingerprint density at radius 1 is 0.911 bits per heavy atom. The lowest BCUT2D eigenvalue weighted by Crippen LogP contribution is -2.43. The molecule has 302 valence electrons. The van der Waals surface area contributed by atoms with Crippen LogP contribution in [0.1, 0.15) is 108 Å². The van der Waals surface area contributed by atoms with E-state index in [-0.39, 0.29) is 10.6 Å². The van der Waals surface area contributed by atoms with Crippen LogP contribution in [0.2, 0.25) is 5.15 Å². The molecule has 2 aromatic heterocycles. The van der Waals surface area contributed by atoms with Gasteiger partial charge in [-0.2, -0.15) is 4.98 Å². The van der Waals surface area contributed by atoms with Gasteiger partial charge < -0.3 is 29.3 Å². The third-order valence-electron chi connectivity index (χ3n) is 13.1. The third-order valence-corrected chi connectivity index (χ3v) is 13.4. The molecule has 56 heavy (non-hydrogen) atoms. The quantitative estimate of drug-likeness (QED) is 0.214. The Balaban J connectivity index is 1.20. The molecule has 0 radical (unpaired) electrons. The van der Waals surface area contributed by atoms with E-state index in [1.54, 1.807) is 0 Å². The van der Waals surface area contributed by atoms with Crippen LogP contribution in [0.15, 0.2) is 30.5 Å². The van der Waals surface area contributed by atoms with E-state index in [2.05, 4.69) is 51.6 Å². The maximum atomic E-state index is 13.2. The number of nitrogens with zero attached hydrogens (tertiary/aromatic N) is 7. The number of hydrogen-bond acceptors (Lipinski definition) is 10. The smallest absolute Gasteiger partial charge is 0.337 e. The number of fused-ring (bicyclic) bond motifs is 1. The first-order chi connectivity index (χ1) is 26.8. The first-order valence-electron chi connectivity index (χ1n) is 20.9. The zero-order chi connectivity index (χ0) is 39.2. The number of pyridine rings is 1. The van der Waals surface area contributed by atoms with Gasteiger partial charge >= 0.3 is 5.97 Å². The molecule has 3 aromatic rings. The zero-order valence-electron chi connectivity index (χ0n) is 34.1. The van der Waals surface area contributed by atoms with Gasteiger partial charge in [-0.1, -0.05) is 50.1 Å². The number of piperidine rings is 2. The number of anilines is 3. The number of carbonyl (C=O) groups is 1. The summed E-state index contributed by atoms with van der Waals surface area (Å²) in [6, 6.07) is 8.77. The van der Waals surface area contributed by atoms with Crippen molar-refractivity contribution in [2.75, 3.05) is 73.7 Å². The van der Waals surface area contributed by atoms with Crippen molar-refractivity contribution in [1.29, 1.82) is 0 Å². The number of benzene rings is 1. The van der Waals surface area contributed by atoms with Crippen LogP contribution in [0.5, 0.6) is 0 Å². The van der Waals surface area contributed by atoms with Gasteiger partial charge in [0, 0.05) is 57.6 Å². The molecule has 11 nitrogen and oxygen atoms in total. The standard InChI is InChI=1S/C44H60ClN7O4/c1-42(2,3)56-38(40(53)54)36-37(51-21-13-43(4,5)14-22-51)35(33(47-39(36)45)29-49-19-15-44(16-20-49)11-6-12-44)31-7-8-32-28-52(18-10-30(32)27-31)41-46-17-9-34(48-41)50-23-25-55-26-24-50/h7-9,17,27,38H,6,10-16,18-26,28-29H2,1-5H3,(H,53,54). The fourth-order valence-electron chi connectivity index (χ4n) is 9.42. The number of ether oxygens (including phenoxy) is 2. The molecule has 0 bridgehead atoms. The average molecular weight is 786 g/mol. The minimum Gasteiger partial charge on any atom is -0.479 e. The summed E-state index contributed by atoms with van der Waals surface area (Å²) < 4.78 is 11.9. The Bertz CT molecular complexity index is 1900. The van der Waals surface area contributed by atoms with Gasteiger partial charge in [0.2, 0.25) is 5.95 Å². The second-order valence-corrected chi connectivity index (χ2v) is 19.0. The van der Waals surface area contributed by atoms with E-state index in [1.165, 1.54) is 43.2 Å². The highest BCUT2D eigenvalue weighted by molar-refractivity contribution is 6.31. The van der Waals surface area contributed by atoms with Gasteiger partial charge in [-0.3, -0.25) is 4.90 Å². The summed E-state index contributed by atoms with van der Waals surface area (Å²) in [7, 11) is 0. The van der Waals surface area contributed by atoms with Gasteiger partial charge in [0.15, 0.2) is 6.10 Å². The molecule has 1 spiro atoms. The van der Waals surface area contributed by atoms with E-state index in [4.69, 9.17) is 36.0 Å². The molecule has 1 aliphatic carbocycles. The summed E-state index contributed by atoms with van der Waals surface area (Å²) in [6.07, 6.45) is 9.89. The molecule has 3 saturated heterocycles. The van der Waals surface area contributed by atoms with Gasteiger partial charge in [0.1, 0.15) is 11.0 Å². The van der Waals surface area contributed by atoms with E-state index in [9.17, 15) is 9.90 Å². The molecule has 4 fully saturated rings. The first-order valence-corrected chi connectivity index (χ1v) is 21.3. The van der Waals surface area contributed by atoms with Crippen molar-refractivity contribution in [3.05, 3.63) is 58.0 Å². The van der Waals surface area contributed by atoms with Crippen molar-refractivity contribution in [3.63, 3.8) is 0 Å². The van der Waals surface area contributed by atoms with E-state index in [1.807, 2.05) is 33.0 Å². The molecule has 1 saturated carbocycles. The zero-order valence-corrected chi connectivity index (χ0v) is 34.8. The molecule has 5 aliphatic rings. The average Bonchev–Trinajstić information content (AvgIpc) is 3.16. The monoisotopic (exact) mass is 785 g/mol. The van der Waals surface area contributed by atoms with Crippen LogP contribution in [0.4, 0.5) is 17.5 Å². The van der Waals surface area contributed by atoms with Gasteiger partial charge in [-0.25, -0.2) is 14.8 Å². The maximum Gasteiger partial charge on any atom is 0.337 e. The summed E-state index contributed by atoms with van der Waals surface area (Å²) in [5.74, 6) is 0.628. The number of aliphatic carboxylic acids is 1. The lowest BCUT2D eigenvalue weighted by molar-refractivity contribution is -0.160. The normalized spacial score (nSPS) is 21.8. The topological polar surface area (TPSA) is 107 Å². The van der Waals surface area contributed by atoms with Crippen LogP contribution in [0, 0.1) is 10.8 Å². The Hall–Kier alpha value is -3.51. The minimum absolute atomic E-state index is 0.193. The van der Waals surface area contributed by atoms with Gasteiger partial charge in [0.25, 0.3) is 0 Å². The number of likely N-dealkylation sites (tertiary alicyclic amines) is 1. The number of hydrogen-bond donors (Lipinski definition) is 1. The maximum absolute atomic E-state index is 13.2. The van der Waals surface area contributed by atoms with Crippen molar-refractivity contribution in [2.24, 2.45) is 10.8 Å². The SMILES string of the molecule is CC1(C)CCN(c2c(-c3ccc4c(c3)CCN(c3nccc(N5CCOCC5)n3)C4)c(CN3CCC4(CCC4)CC3)nc(Cl)c2C(OC(C)(C)C)C(=O)O)CC1. The molecule has 4 aliphatic heterocycles. The van der Waals surface area contributed by atoms with Crippen LogP contribution < -0.4 is 14.7 Å². The first kappa shape index (κ1) is 39.3. The van der Waals surface area contributed by atoms with E-state index >= 15 is 0 Å². The van der Waals surface area contributed by atoms with E-state index < -0.39 is 17.7 Å².